The molecule has 0 saturated carbocycles. The van der Waals surface area contributed by atoms with Gasteiger partial charge >= 0.3 is 0 Å². The molecule has 6 heteroatoms. The van der Waals surface area contributed by atoms with Crippen molar-refractivity contribution in [3.8, 4) is 39.7 Å². The SMILES string of the molecule is [2H]C([2H])([2H])c1cnc(-c2[c-]cc3oc4cc(-c5cccc6c5CCCC6)ccc4c3c2)cc1C([2H])(C)C.[2H]C([2H])(c1cc(-c2[c-]cc(C#N)cc2)ncc1[Si](C)(C)C)C(C)C.[Ir]. The molecule has 287 valence electrons. The quantitative estimate of drug-likeness (QED) is 0.118. The molecule has 0 N–H and O–H groups in total. The van der Waals surface area contributed by atoms with Crippen LogP contribution in [-0.2, 0) is 39.3 Å². The predicted octanol–water partition coefficient (Wildman–Crippen LogP) is 12.6. The van der Waals surface area contributed by atoms with Gasteiger partial charge in [-0.25, -0.2) is 5.26 Å². The van der Waals surface area contributed by atoms with Gasteiger partial charge in [0.1, 0.15) is 5.58 Å². The van der Waals surface area contributed by atoms with E-state index in [2.05, 4.69) is 84.2 Å². The number of fused-ring (bicyclic) bond motifs is 4. The maximum Gasteiger partial charge on any atom is 0.121 e. The second kappa shape index (κ2) is 17.2. The van der Waals surface area contributed by atoms with E-state index < -0.39 is 27.2 Å². The normalized spacial score (nSPS) is 14.8. The Hall–Kier alpha value is -4.66. The zero-order valence-corrected chi connectivity index (χ0v) is 36.5. The average molecular weight is 936 g/mol. The van der Waals surface area contributed by atoms with Gasteiger partial charge in [0.15, 0.2) is 0 Å². The van der Waals surface area contributed by atoms with Gasteiger partial charge in [-0.3, -0.25) is 0 Å². The predicted molar refractivity (Wildman–Crippen MR) is 231 cm³/mol. The summed E-state index contributed by atoms with van der Waals surface area (Å²) in [7, 11) is -1.73. The Balaban J connectivity index is 0.000000224. The average Bonchev–Trinajstić information content (AvgIpc) is 3.59. The van der Waals surface area contributed by atoms with Crippen LogP contribution < -0.4 is 5.19 Å². The fourth-order valence-corrected chi connectivity index (χ4v) is 8.79. The Kier molecular flexibility index (Phi) is 10.3. The molecule has 56 heavy (non-hydrogen) atoms. The van der Waals surface area contributed by atoms with Gasteiger partial charge in [-0.1, -0.05) is 101 Å². The molecular weight excluding hydrogens is 879 g/mol. The fourth-order valence-electron chi connectivity index (χ4n) is 7.39. The minimum Gasteiger partial charge on any atom is -0.500 e. The first-order valence-corrected chi connectivity index (χ1v) is 22.6. The third-order valence-corrected chi connectivity index (χ3v) is 12.2. The topological polar surface area (TPSA) is 62.7 Å². The largest absolute Gasteiger partial charge is 0.500 e. The number of pyridine rings is 2. The minimum absolute atomic E-state index is 0. The van der Waals surface area contributed by atoms with E-state index in [-0.39, 0.29) is 31.6 Å². The molecule has 7 aromatic rings. The zero-order valence-electron chi connectivity index (χ0n) is 39.1. The summed E-state index contributed by atoms with van der Waals surface area (Å²) >= 11 is 0. The first-order valence-electron chi connectivity index (χ1n) is 22.1. The molecule has 4 aromatic carbocycles. The van der Waals surface area contributed by atoms with Crippen LogP contribution in [0.5, 0.6) is 0 Å². The molecule has 1 aliphatic carbocycles. The Morgan fingerprint density at radius 3 is 2.36 bits per heavy atom. The molecule has 0 atom stereocenters. The van der Waals surface area contributed by atoms with Crippen LogP contribution in [0.4, 0.5) is 0 Å². The number of nitrogens with zero attached hydrogens (tertiary/aromatic N) is 3. The second-order valence-corrected chi connectivity index (χ2v) is 21.0. The summed E-state index contributed by atoms with van der Waals surface area (Å²) in [6.07, 6.45) is 6.56. The van der Waals surface area contributed by atoms with Crippen molar-refractivity contribution in [2.24, 2.45) is 5.92 Å². The summed E-state index contributed by atoms with van der Waals surface area (Å²) in [5.41, 5.74) is 11.6. The van der Waals surface area contributed by atoms with Crippen LogP contribution in [0.15, 0.2) is 95.7 Å². The van der Waals surface area contributed by atoms with Crippen molar-refractivity contribution in [1.82, 2.24) is 9.97 Å². The van der Waals surface area contributed by atoms with Crippen LogP contribution in [0.3, 0.4) is 0 Å². The number of aromatic nitrogens is 2. The van der Waals surface area contributed by atoms with Crippen LogP contribution in [0.25, 0.3) is 55.6 Å². The number of nitriles is 1. The number of hydrogen-bond donors (Lipinski definition) is 0. The summed E-state index contributed by atoms with van der Waals surface area (Å²) < 4.78 is 55.5. The summed E-state index contributed by atoms with van der Waals surface area (Å²) in [6, 6.07) is 34.0. The van der Waals surface area contributed by atoms with Gasteiger partial charge < -0.3 is 14.4 Å². The van der Waals surface area contributed by atoms with Crippen molar-refractivity contribution in [2.45, 2.75) is 92.1 Å². The number of aryl methyl sites for hydroxylation is 2. The van der Waals surface area contributed by atoms with E-state index in [1.54, 1.807) is 32.0 Å². The Bertz CT molecular complexity index is 2800. The Morgan fingerprint density at radius 2 is 1.64 bits per heavy atom. The van der Waals surface area contributed by atoms with Crippen LogP contribution in [0.2, 0.25) is 19.6 Å². The van der Waals surface area contributed by atoms with Gasteiger partial charge in [-0.2, -0.15) is 0 Å². The third-order valence-electron chi connectivity index (χ3n) is 10.2. The van der Waals surface area contributed by atoms with Crippen molar-refractivity contribution >= 4 is 35.2 Å². The third kappa shape index (κ3) is 8.82. The van der Waals surface area contributed by atoms with Crippen LogP contribution >= 0.6 is 0 Å². The van der Waals surface area contributed by atoms with E-state index in [0.29, 0.717) is 22.5 Å². The van der Waals surface area contributed by atoms with E-state index in [1.165, 1.54) is 41.3 Å². The first kappa shape index (κ1) is 33.5. The van der Waals surface area contributed by atoms with Gasteiger partial charge in [0.25, 0.3) is 0 Å². The monoisotopic (exact) mass is 936 g/mol. The van der Waals surface area contributed by atoms with Gasteiger partial charge in [0.05, 0.1) is 13.7 Å². The summed E-state index contributed by atoms with van der Waals surface area (Å²) in [4.78, 5) is 9.01. The van der Waals surface area contributed by atoms with Crippen molar-refractivity contribution in [1.29, 1.82) is 5.26 Å². The number of furan rings is 1. The zero-order chi connectivity index (χ0) is 44.1. The number of hydrogen-bond acceptors (Lipinski definition) is 4. The van der Waals surface area contributed by atoms with Gasteiger partial charge in [0, 0.05) is 52.2 Å². The molecule has 0 fully saturated rings. The molecule has 3 aromatic heterocycles. The van der Waals surface area contributed by atoms with Gasteiger partial charge in [0.2, 0.25) is 0 Å². The molecule has 8 rings (SSSR count). The summed E-state index contributed by atoms with van der Waals surface area (Å²) in [6.45, 7) is 11.5. The smallest absolute Gasteiger partial charge is 0.121 e. The van der Waals surface area contributed by atoms with Crippen molar-refractivity contribution in [2.75, 3.05) is 0 Å². The van der Waals surface area contributed by atoms with Crippen LogP contribution in [0.1, 0.15) is 88.0 Å². The van der Waals surface area contributed by atoms with E-state index in [9.17, 15) is 0 Å². The molecule has 0 amide bonds. The Morgan fingerprint density at radius 1 is 0.875 bits per heavy atom. The maximum absolute atomic E-state index is 8.91. The van der Waals surface area contributed by atoms with E-state index in [0.717, 1.165) is 56.7 Å². The number of benzene rings is 4. The second-order valence-electron chi connectivity index (χ2n) is 16.0. The summed E-state index contributed by atoms with van der Waals surface area (Å²) in [5.74, 6) is -1.21. The molecule has 0 saturated heterocycles. The minimum atomic E-state index is -2.33. The molecule has 0 bridgehead atoms. The van der Waals surface area contributed by atoms with E-state index >= 15 is 0 Å². The molecule has 0 spiro atoms. The first-order chi connectivity index (χ1) is 28.7. The molecule has 4 nitrogen and oxygen atoms in total. The standard InChI is InChI=1S/C31H28NO.C19H23N2Si.Ir/c1-19(2)27-17-29(32-18-20(27)3)23-12-14-30-28(15-23)26-13-11-22(16-31(26)33-30)25-10-6-8-21-7-4-5-9-24(21)25;1-14(2)10-17-11-18(21-13-19(17)22(3,4)5)16-8-6-15(12-20)7-9-16;/h6,8,10-11,13-19H,4-5,7,9H2,1-3H3;6-8,11,13-14H,10H2,1-5H3;/q2*-1;/i3D3,19D;10D2;. The molecule has 0 unspecified atom stereocenters. The molecular formula is C50H51IrN3OSi-2. The maximum atomic E-state index is 8.91. The molecule has 0 aliphatic heterocycles. The fraction of sp³-hybridized carbons (Fsp3) is 0.300. The van der Waals surface area contributed by atoms with Crippen LogP contribution in [0, 0.1) is 36.2 Å². The van der Waals surface area contributed by atoms with Gasteiger partial charge in [-0.15, -0.1) is 53.6 Å². The van der Waals surface area contributed by atoms with E-state index in [4.69, 9.17) is 17.9 Å². The van der Waals surface area contributed by atoms with Gasteiger partial charge in [-0.05, 0) is 112 Å². The Labute approximate surface area is 356 Å². The number of rotatable bonds is 7. The molecule has 1 aliphatic rings. The van der Waals surface area contributed by atoms with Crippen LogP contribution in [-0.4, -0.2) is 18.0 Å². The van der Waals surface area contributed by atoms with E-state index in [1.807, 2.05) is 44.3 Å². The van der Waals surface area contributed by atoms with Crippen molar-refractivity contribution in [3.05, 3.63) is 137 Å². The molecule has 1 radical (unpaired) electrons. The van der Waals surface area contributed by atoms with Crippen molar-refractivity contribution < 1.29 is 32.7 Å². The summed E-state index contributed by atoms with van der Waals surface area (Å²) in [5, 5.41) is 11.9. The molecule has 3 heterocycles. The van der Waals surface area contributed by atoms with Crippen molar-refractivity contribution in [3.63, 3.8) is 0 Å².